The second-order valence-electron chi connectivity index (χ2n) is 8.27. The van der Waals surface area contributed by atoms with E-state index in [-0.39, 0.29) is 12.4 Å². The highest BCUT2D eigenvalue weighted by molar-refractivity contribution is 7.53. The number of nitrogen functional groups attached to an aromatic ring is 1. The lowest BCUT2D eigenvalue weighted by atomic mass is 10.4. The van der Waals surface area contributed by atoms with Crippen LogP contribution in [0.25, 0.3) is 11.2 Å². The third kappa shape index (κ3) is 13.7. The highest BCUT2D eigenvalue weighted by Gasteiger charge is 2.29. The molecule has 0 aromatic carbocycles. The number of carbonyl (C=O) groups excluding carboxylic acids is 2. The van der Waals surface area contributed by atoms with E-state index in [1.165, 1.54) is 12.7 Å². The first-order chi connectivity index (χ1) is 19.1. The minimum atomic E-state index is -4.06. The third-order valence-corrected chi connectivity index (χ3v) is 5.56. The van der Waals surface area contributed by atoms with Gasteiger partial charge < -0.3 is 44.2 Å². The number of fused-ring (bicyclic) bond motifs is 1. The maximum Gasteiger partial charge on any atom is 0.510 e. The van der Waals surface area contributed by atoms with Gasteiger partial charge in [0.1, 0.15) is 18.2 Å². The van der Waals surface area contributed by atoms with E-state index in [0.29, 0.717) is 11.2 Å². The number of ether oxygens (including phenoxy) is 5. The third-order valence-electron chi connectivity index (χ3n) is 4.10. The summed E-state index contributed by atoms with van der Waals surface area (Å²) in [6.45, 7) is 6.98. The molecular weight excluding hydrogens is 577 g/mol. The molecule has 2 aromatic heterocycles. The van der Waals surface area contributed by atoms with Crippen molar-refractivity contribution in [2.24, 2.45) is 0 Å². The van der Waals surface area contributed by atoms with E-state index in [1.54, 1.807) is 39.2 Å². The Morgan fingerprint density at radius 1 is 0.902 bits per heavy atom. The fraction of sp³-hybridized carbons (Fsp3) is 0.571. The molecule has 2 rings (SSSR count). The molecule has 0 fully saturated rings. The van der Waals surface area contributed by atoms with E-state index >= 15 is 0 Å². The average Bonchev–Trinajstić information content (AvgIpc) is 3.26. The summed E-state index contributed by atoms with van der Waals surface area (Å²) in [5, 5.41) is 14.8. The molecule has 0 aliphatic carbocycles. The summed E-state index contributed by atoms with van der Waals surface area (Å²) in [5.74, 6) is -3.41. The molecule has 0 amide bonds. The SMILES string of the molecule is CC(C)OC(=O)OCOP(=O)(CO[C@H](C)Cn1cnc2c(N)ncnc21)OCOC(=O)OC(C)C.O=C(O)C(=O)O. The number of anilines is 1. The Kier molecular flexibility index (Phi) is 14.4. The predicted octanol–water partition coefficient (Wildman–Crippen LogP) is 2.19. The van der Waals surface area contributed by atoms with Gasteiger partial charge in [-0.3, -0.25) is 13.6 Å². The van der Waals surface area contributed by atoms with E-state index in [9.17, 15) is 14.2 Å². The Hall–Kier alpha value is -4.06. The number of carboxylic acid groups (broad SMARTS) is 2. The maximum absolute atomic E-state index is 13.1. The zero-order valence-electron chi connectivity index (χ0n) is 22.8. The van der Waals surface area contributed by atoms with Gasteiger partial charge in [-0.2, -0.15) is 0 Å². The highest BCUT2D eigenvalue weighted by atomic mass is 31.2. The molecule has 2 aromatic rings. The maximum atomic E-state index is 13.1. The van der Waals surface area contributed by atoms with Crippen LogP contribution in [0.5, 0.6) is 0 Å². The molecule has 230 valence electrons. The van der Waals surface area contributed by atoms with Crippen LogP contribution in [0.4, 0.5) is 15.4 Å². The quantitative estimate of drug-likeness (QED) is 0.127. The molecule has 2 heterocycles. The minimum Gasteiger partial charge on any atom is -0.473 e. The normalized spacial score (nSPS) is 11.9. The second-order valence-corrected chi connectivity index (χ2v) is 10.3. The molecule has 0 bridgehead atoms. The van der Waals surface area contributed by atoms with E-state index < -0.39 is 70.1 Å². The number of aromatic nitrogens is 4. The van der Waals surface area contributed by atoms with Gasteiger partial charge in [0.15, 0.2) is 11.5 Å². The van der Waals surface area contributed by atoms with Gasteiger partial charge in [0.05, 0.1) is 31.2 Å². The van der Waals surface area contributed by atoms with E-state index in [2.05, 4.69) is 15.0 Å². The van der Waals surface area contributed by atoms with E-state index in [4.69, 9.17) is 58.3 Å². The van der Waals surface area contributed by atoms with Gasteiger partial charge in [0.2, 0.25) is 13.6 Å². The van der Waals surface area contributed by atoms with Crippen molar-refractivity contribution >= 4 is 48.8 Å². The summed E-state index contributed by atoms with van der Waals surface area (Å²) in [7, 11) is -4.06. The number of nitrogens with zero attached hydrogens (tertiary/aromatic N) is 4. The molecule has 41 heavy (non-hydrogen) atoms. The fourth-order valence-electron chi connectivity index (χ4n) is 2.45. The molecule has 4 N–H and O–H groups in total. The molecule has 0 radical (unpaired) electrons. The Morgan fingerprint density at radius 3 is 1.88 bits per heavy atom. The largest absolute Gasteiger partial charge is 0.510 e. The van der Waals surface area contributed by atoms with Crippen LogP contribution >= 0.6 is 7.60 Å². The summed E-state index contributed by atoms with van der Waals surface area (Å²) in [5.41, 5.74) is 6.72. The summed E-state index contributed by atoms with van der Waals surface area (Å²) in [4.78, 5) is 53.4. The lowest BCUT2D eigenvalue weighted by Gasteiger charge is -2.21. The lowest BCUT2D eigenvalue weighted by Crippen LogP contribution is -2.20. The molecule has 1 atom stereocenters. The molecule has 0 saturated heterocycles. The van der Waals surface area contributed by atoms with Gasteiger partial charge in [-0.1, -0.05) is 0 Å². The number of carbonyl (C=O) groups is 4. The van der Waals surface area contributed by atoms with Crippen LogP contribution in [0.15, 0.2) is 12.7 Å². The number of aliphatic carboxylic acids is 2. The zero-order chi connectivity index (χ0) is 31.2. The summed E-state index contributed by atoms with van der Waals surface area (Å²) >= 11 is 0. The topological polar surface area (TPSA) is 260 Å². The van der Waals surface area contributed by atoms with Gasteiger partial charge in [-0.15, -0.1) is 0 Å². The average molecular weight is 609 g/mol. The molecule has 0 aliphatic rings. The number of hydrogen-bond donors (Lipinski definition) is 3. The Labute approximate surface area is 233 Å². The van der Waals surface area contributed by atoms with Crippen molar-refractivity contribution < 1.29 is 66.7 Å². The van der Waals surface area contributed by atoms with E-state index in [1.807, 2.05) is 0 Å². The van der Waals surface area contributed by atoms with Gasteiger partial charge in [0, 0.05) is 0 Å². The number of rotatable bonds is 13. The van der Waals surface area contributed by atoms with Crippen LogP contribution in [-0.2, 0) is 53.4 Å². The molecule has 0 unspecified atom stereocenters. The van der Waals surface area contributed by atoms with Crippen LogP contribution in [0.2, 0.25) is 0 Å². The number of imidazole rings is 1. The second kappa shape index (κ2) is 16.9. The number of carboxylic acids is 2. The molecule has 0 aliphatic heterocycles. The van der Waals surface area contributed by atoms with Crippen molar-refractivity contribution in [3.8, 4) is 0 Å². The van der Waals surface area contributed by atoms with Crippen LogP contribution < -0.4 is 5.73 Å². The van der Waals surface area contributed by atoms with Crippen LogP contribution in [-0.4, -0.2) is 92.2 Å². The standard InChI is InChI=1S/C19H30N5O10P.C2H2O4/c1-12(2)33-18(25)28-9-31-35(27,32-10-29-19(26)34-13(3)4)11-30-14(5)6-24-8-23-15-16(20)21-7-22-17(15)24;3-1(4)2(5)6/h7-8,12-14H,6,9-11H2,1-5H3,(H2,20,21,22);(H,3,4)(H,5,6)/t14-;/m1./s1. The highest BCUT2D eigenvalue weighted by Crippen LogP contribution is 2.48. The smallest absolute Gasteiger partial charge is 0.473 e. The first-order valence-electron chi connectivity index (χ1n) is 11.7. The number of hydrogen-bond acceptors (Lipinski definition) is 16. The molecule has 20 heteroatoms. The van der Waals surface area contributed by atoms with Gasteiger partial charge in [-0.05, 0) is 34.6 Å². The monoisotopic (exact) mass is 609 g/mol. The first kappa shape index (κ1) is 35.0. The Balaban J connectivity index is 0.00000126. The molecule has 0 saturated carbocycles. The number of nitrogens with two attached hydrogens (primary N) is 1. The lowest BCUT2D eigenvalue weighted by molar-refractivity contribution is -0.159. The molecule has 0 spiro atoms. The van der Waals surface area contributed by atoms with Crippen molar-refractivity contribution in [1.29, 1.82) is 0 Å². The zero-order valence-corrected chi connectivity index (χ0v) is 23.7. The molecular formula is C21H32N5O14P. The van der Waals surface area contributed by atoms with Gasteiger partial charge >= 0.3 is 31.8 Å². The Bertz CT molecular complexity index is 1180. The summed E-state index contributed by atoms with van der Waals surface area (Å²) < 4.78 is 49.7. The summed E-state index contributed by atoms with van der Waals surface area (Å²) in [6, 6.07) is 0. The van der Waals surface area contributed by atoms with Crippen molar-refractivity contribution in [2.45, 2.75) is 59.5 Å². The Morgan fingerprint density at radius 2 is 1.41 bits per heavy atom. The van der Waals surface area contributed by atoms with Gasteiger partial charge in [0.25, 0.3) is 0 Å². The minimum absolute atomic E-state index is 0.237. The predicted molar refractivity (Wildman–Crippen MR) is 135 cm³/mol. The van der Waals surface area contributed by atoms with Crippen LogP contribution in [0.1, 0.15) is 34.6 Å². The fourth-order valence-corrected chi connectivity index (χ4v) is 3.54. The molecule has 19 nitrogen and oxygen atoms in total. The van der Waals surface area contributed by atoms with Crippen molar-refractivity contribution in [3.63, 3.8) is 0 Å². The van der Waals surface area contributed by atoms with Crippen molar-refractivity contribution in [2.75, 3.05) is 25.7 Å². The van der Waals surface area contributed by atoms with Crippen molar-refractivity contribution in [1.82, 2.24) is 19.5 Å². The van der Waals surface area contributed by atoms with Gasteiger partial charge in [-0.25, -0.2) is 34.1 Å². The van der Waals surface area contributed by atoms with Crippen LogP contribution in [0.3, 0.4) is 0 Å². The van der Waals surface area contributed by atoms with Crippen molar-refractivity contribution in [3.05, 3.63) is 12.7 Å². The van der Waals surface area contributed by atoms with Crippen LogP contribution in [0, 0.1) is 0 Å². The summed E-state index contributed by atoms with van der Waals surface area (Å²) in [6.07, 6.45) is -1.14. The first-order valence-corrected chi connectivity index (χ1v) is 13.4. The van der Waals surface area contributed by atoms with E-state index in [0.717, 1.165) is 0 Å².